The van der Waals surface area contributed by atoms with E-state index in [9.17, 15) is 28.5 Å². The van der Waals surface area contributed by atoms with Crippen LogP contribution in [-0.2, 0) is 15.3 Å². The van der Waals surface area contributed by atoms with Crippen molar-refractivity contribution in [2.75, 3.05) is 4.90 Å². The zero-order valence-electron chi connectivity index (χ0n) is 15.6. The molecule has 0 spiro atoms. The maximum absolute atomic E-state index is 14.4. The lowest BCUT2D eigenvalue weighted by Gasteiger charge is -2.16. The number of hydrogen-bond acceptors (Lipinski definition) is 6. The van der Waals surface area contributed by atoms with Gasteiger partial charge in [0.1, 0.15) is 17.4 Å². The molecule has 0 saturated heterocycles. The van der Waals surface area contributed by atoms with Crippen molar-refractivity contribution < 1.29 is 27.7 Å². The largest absolute Gasteiger partial charge is 0.468 e. The van der Waals surface area contributed by atoms with Crippen molar-refractivity contribution in [2.45, 2.75) is 5.75 Å². The van der Waals surface area contributed by atoms with Gasteiger partial charge >= 0.3 is 0 Å². The van der Waals surface area contributed by atoms with Crippen molar-refractivity contribution in [2.24, 2.45) is 0 Å². The molecule has 0 aliphatic carbocycles. The molecule has 0 bridgehead atoms. The van der Waals surface area contributed by atoms with Gasteiger partial charge < -0.3 is 4.42 Å². The Morgan fingerprint density at radius 2 is 1.77 bits per heavy atom. The number of benzene rings is 2. The highest BCUT2D eigenvalue weighted by molar-refractivity contribution is 8.03. The van der Waals surface area contributed by atoms with E-state index in [1.54, 1.807) is 12.1 Å². The first kappa shape index (κ1) is 20.5. The molecule has 2 aromatic carbocycles. The van der Waals surface area contributed by atoms with Crippen LogP contribution < -0.4 is 4.90 Å². The number of thioether (sulfide) groups is 1. The van der Waals surface area contributed by atoms with E-state index >= 15 is 0 Å². The van der Waals surface area contributed by atoms with Crippen LogP contribution in [0.25, 0.3) is 5.57 Å². The summed E-state index contributed by atoms with van der Waals surface area (Å²) in [5.74, 6) is -2.74. The van der Waals surface area contributed by atoms with Crippen LogP contribution in [0.15, 0.2) is 70.2 Å². The van der Waals surface area contributed by atoms with Gasteiger partial charge in [-0.3, -0.25) is 19.7 Å². The molecule has 0 N–H and O–H groups in total. The summed E-state index contributed by atoms with van der Waals surface area (Å²) in [4.78, 5) is 37.3. The molecule has 0 radical (unpaired) electrons. The van der Waals surface area contributed by atoms with Gasteiger partial charge in [0, 0.05) is 18.2 Å². The van der Waals surface area contributed by atoms with Crippen LogP contribution in [-0.4, -0.2) is 16.7 Å². The van der Waals surface area contributed by atoms with Crippen molar-refractivity contribution in [3.05, 3.63) is 98.8 Å². The van der Waals surface area contributed by atoms with E-state index in [4.69, 9.17) is 4.42 Å². The lowest BCUT2D eigenvalue weighted by Crippen LogP contribution is -2.32. The Balaban J connectivity index is 1.77. The Morgan fingerprint density at radius 3 is 2.39 bits per heavy atom. The molecule has 0 unspecified atom stereocenters. The van der Waals surface area contributed by atoms with Crippen LogP contribution in [0.4, 0.5) is 20.2 Å². The highest BCUT2D eigenvalue weighted by atomic mass is 32.2. The van der Waals surface area contributed by atoms with E-state index in [2.05, 4.69) is 0 Å². The SMILES string of the molecule is O=C1C(SCc2ccco2)=C(c2ccc([N+](=O)[O-])cc2)C(=O)N1c1ccc(F)cc1F. The Bertz CT molecular complexity index is 1220. The monoisotopic (exact) mass is 442 g/mol. The maximum Gasteiger partial charge on any atom is 0.272 e. The molecule has 1 aromatic heterocycles. The Kier molecular flexibility index (Phi) is 5.38. The smallest absolute Gasteiger partial charge is 0.272 e. The summed E-state index contributed by atoms with van der Waals surface area (Å²) >= 11 is 1.02. The van der Waals surface area contributed by atoms with Crippen LogP contribution in [0, 0.1) is 21.7 Å². The molecule has 2 heterocycles. The summed E-state index contributed by atoms with van der Waals surface area (Å²) in [6, 6.07) is 11.0. The Labute approximate surface area is 178 Å². The first-order valence-corrected chi connectivity index (χ1v) is 9.83. The van der Waals surface area contributed by atoms with Gasteiger partial charge in [0.15, 0.2) is 0 Å². The lowest BCUT2D eigenvalue weighted by atomic mass is 10.1. The third-order valence-electron chi connectivity index (χ3n) is 4.50. The number of imide groups is 1. The molecule has 0 saturated carbocycles. The number of rotatable bonds is 6. The number of furan rings is 1. The van der Waals surface area contributed by atoms with E-state index in [-0.39, 0.29) is 33.2 Å². The molecule has 4 rings (SSSR count). The minimum absolute atomic E-state index is 0.0268. The zero-order chi connectivity index (χ0) is 22.1. The number of carbonyl (C=O) groups is 2. The fraction of sp³-hybridized carbons (Fsp3) is 0.0476. The molecular formula is C21H12F2N2O5S. The number of anilines is 1. The number of nitro groups is 1. The second-order valence-electron chi connectivity index (χ2n) is 6.42. The molecule has 0 atom stereocenters. The van der Waals surface area contributed by atoms with Gasteiger partial charge in [-0.2, -0.15) is 0 Å². The van der Waals surface area contributed by atoms with E-state index < -0.39 is 28.4 Å². The second kappa shape index (κ2) is 8.15. The van der Waals surface area contributed by atoms with Gasteiger partial charge in [0.25, 0.3) is 17.5 Å². The van der Waals surface area contributed by atoms with E-state index in [1.807, 2.05) is 0 Å². The van der Waals surface area contributed by atoms with Crippen LogP contribution in [0.1, 0.15) is 11.3 Å². The number of non-ortho nitro benzene ring substituents is 1. The molecule has 31 heavy (non-hydrogen) atoms. The summed E-state index contributed by atoms with van der Waals surface area (Å²) < 4.78 is 32.9. The number of nitrogens with zero attached hydrogens (tertiary/aromatic N) is 2. The molecule has 0 fully saturated rings. The quantitative estimate of drug-likeness (QED) is 0.313. The summed E-state index contributed by atoms with van der Waals surface area (Å²) in [5, 5.41) is 10.9. The summed E-state index contributed by atoms with van der Waals surface area (Å²) in [6.45, 7) is 0. The first-order chi connectivity index (χ1) is 14.9. The van der Waals surface area contributed by atoms with Gasteiger partial charge in [-0.15, -0.1) is 11.8 Å². The lowest BCUT2D eigenvalue weighted by molar-refractivity contribution is -0.384. The van der Waals surface area contributed by atoms with Crippen molar-refractivity contribution in [1.29, 1.82) is 0 Å². The summed E-state index contributed by atoms with van der Waals surface area (Å²) in [7, 11) is 0. The van der Waals surface area contributed by atoms with E-state index in [0.29, 0.717) is 16.7 Å². The van der Waals surface area contributed by atoms with Gasteiger partial charge in [-0.25, -0.2) is 13.7 Å². The average Bonchev–Trinajstić information content (AvgIpc) is 3.33. The van der Waals surface area contributed by atoms with Gasteiger partial charge in [0.05, 0.1) is 33.1 Å². The van der Waals surface area contributed by atoms with Crippen LogP contribution >= 0.6 is 11.8 Å². The van der Waals surface area contributed by atoms with Crippen molar-refractivity contribution >= 4 is 40.5 Å². The normalized spacial score (nSPS) is 13.9. The number of halogens is 2. The van der Waals surface area contributed by atoms with Crippen molar-refractivity contribution in [3.8, 4) is 0 Å². The summed E-state index contributed by atoms with van der Waals surface area (Å²) in [6.07, 6.45) is 1.46. The topological polar surface area (TPSA) is 93.7 Å². The third kappa shape index (κ3) is 3.84. The maximum atomic E-state index is 14.4. The molecule has 7 nitrogen and oxygen atoms in total. The standard InChI is InChI=1S/C21H12F2N2O5S/c22-13-5-8-17(16(23)10-13)24-20(26)18(12-3-6-14(7-4-12)25(28)29)19(21(24)27)31-11-15-2-1-9-30-15/h1-10H,11H2. The second-order valence-corrected chi connectivity index (χ2v) is 7.40. The van der Waals surface area contributed by atoms with Gasteiger partial charge in [0.2, 0.25) is 0 Å². The number of amides is 2. The zero-order valence-corrected chi connectivity index (χ0v) is 16.4. The Hall–Kier alpha value is -3.79. The molecule has 2 amide bonds. The minimum atomic E-state index is -1.07. The number of hydrogen-bond donors (Lipinski definition) is 0. The number of carbonyl (C=O) groups excluding carboxylic acids is 2. The van der Waals surface area contributed by atoms with Gasteiger partial charge in [-0.05, 0) is 42.0 Å². The summed E-state index contributed by atoms with van der Waals surface area (Å²) in [5.41, 5.74) is -0.340. The molecule has 156 valence electrons. The molecular weight excluding hydrogens is 430 g/mol. The first-order valence-electron chi connectivity index (χ1n) is 8.85. The van der Waals surface area contributed by atoms with Crippen LogP contribution in [0.5, 0.6) is 0 Å². The predicted octanol–water partition coefficient (Wildman–Crippen LogP) is 4.68. The van der Waals surface area contributed by atoms with Gasteiger partial charge in [-0.1, -0.05) is 0 Å². The average molecular weight is 442 g/mol. The van der Waals surface area contributed by atoms with Crippen molar-refractivity contribution in [1.82, 2.24) is 0 Å². The van der Waals surface area contributed by atoms with Crippen LogP contribution in [0.3, 0.4) is 0 Å². The third-order valence-corrected chi connectivity index (χ3v) is 5.59. The molecule has 3 aromatic rings. The number of nitro benzene ring substituents is 1. The highest BCUT2D eigenvalue weighted by Crippen LogP contribution is 2.40. The highest BCUT2D eigenvalue weighted by Gasteiger charge is 2.41. The van der Waals surface area contributed by atoms with Crippen molar-refractivity contribution in [3.63, 3.8) is 0 Å². The van der Waals surface area contributed by atoms with E-state index in [1.165, 1.54) is 30.5 Å². The van der Waals surface area contributed by atoms with Crippen LogP contribution in [0.2, 0.25) is 0 Å². The molecule has 10 heteroatoms. The van der Waals surface area contributed by atoms with E-state index in [0.717, 1.165) is 23.9 Å². The molecule has 1 aliphatic heterocycles. The fourth-order valence-electron chi connectivity index (χ4n) is 3.07. The fourth-order valence-corrected chi connectivity index (χ4v) is 4.08. The Morgan fingerprint density at radius 1 is 1.03 bits per heavy atom. The minimum Gasteiger partial charge on any atom is -0.468 e. The molecule has 1 aliphatic rings. The predicted molar refractivity (Wildman–Crippen MR) is 109 cm³/mol.